The van der Waals surface area contributed by atoms with Crippen LogP contribution in [0.5, 0.6) is 11.5 Å². The summed E-state index contributed by atoms with van der Waals surface area (Å²) in [6.45, 7) is -2.37. The number of rotatable bonds is 6. The largest absolute Gasteiger partial charge is 0.466 e. The summed E-state index contributed by atoms with van der Waals surface area (Å²) >= 11 is 0. The van der Waals surface area contributed by atoms with Gasteiger partial charge in [0.1, 0.15) is 28.3 Å². The van der Waals surface area contributed by atoms with Crippen molar-refractivity contribution in [2.24, 2.45) is 0 Å². The molecule has 5 heterocycles. The van der Waals surface area contributed by atoms with Crippen LogP contribution in [-0.4, -0.2) is 11.3 Å². The predicted molar refractivity (Wildman–Crippen MR) is 270 cm³/mol. The lowest BCUT2D eigenvalue weighted by atomic mass is 9.36. The molecule has 0 aliphatic carbocycles. The molecule has 308 valence electrons. The molecule has 0 spiro atoms. The van der Waals surface area contributed by atoms with Crippen LogP contribution in [0, 0.1) is 0 Å². The maximum Gasteiger partial charge on any atom is 0.301 e. The molecule has 6 heteroatoms. The van der Waals surface area contributed by atoms with Crippen LogP contribution in [-0.2, 0) is 0 Å². The Balaban J connectivity index is 1.28. The van der Waals surface area contributed by atoms with Crippen LogP contribution in [0.15, 0.2) is 232 Å². The van der Waals surface area contributed by atoms with Gasteiger partial charge in [-0.05, 0) is 81.6 Å². The number of para-hydroxylation sites is 2. The summed E-state index contributed by atoms with van der Waals surface area (Å²) in [6.07, 6.45) is 0. The third kappa shape index (κ3) is 5.48. The van der Waals surface area contributed by atoms with Gasteiger partial charge < -0.3 is 23.0 Å². The molecular formula is C60H37BN2O3. The van der Waals surface area contributed by atoms with Gasteiger partial charge in [0.15, 0.2) is 11.3 Å². The zero-order chi connectivity index (χ0) is 75.5. The van der Waals surface area contributed by atoms with Crippen LogP contribution in [0.25, 0.3) is 83.4 Å². The van der Waals surface area contributed by atoms with E-state index in [4.69, 9.17) is 39.6 Å². The monoisotopic (exact) mass is 882 g/mol. The van der Waals surface area contributed by atoms with E-state index in [2.05, 4.69) is 0 Å². The summed E-state index contributed by atoms with van der Waals surface area (Å²) in [6, 6.07) is -39.6. The summed E-state index contributed by atoms with van der Waals surface area (Å²) in [5, 5.41) is -1.23. The minimum atomic E-state index is -2.37. The molecule has 2 aliphatic rings. The second-order valence-electron chi connectivity index (χ2n) is 14.3. The highest BCUT2D eigenvalue weighted by Crippen LogP contribution is 2.49. The Morgan fingerprint density at radius 2 is 1.05 bits per heavy atom. The smallest absolute Gasteiger partial charge is 0.301 e. The molecule has 0 N–H and O–H groups in total. The summed E-state index contributed by atoms with van der Waals surface area (Å²) < 4.78 is 363. The molecular weight excluding hydrogens is 807 g/mol. The van der Waals surface area contributed by atoms with E-state index in [1.54, 1.807) is 0 Å². The molecule has 0 amide bonds. The van der Waals surface area contributed by atoms with Crippen LogP contribution in [0.2, 0.25) is 0 Å². The molecule has 0 bridgehead atoms. The van der Waals surface area contributed by atoms with E-state index in [0.717, 1.165) is 4.57 Å². The molecule has 0 fully saturated rings. The van der Waals surface area contributed by atoms with Gasteiger partial charge >= 0.3 is 6.71 Å². The van der Waals surface area contributed by atoms with Crippen molar-refractivity contribution in [3.05, 3.63) is 224 Å². The Labute approximate surface area is 433 Å². The maximum atomic E-state index is 10.9. The van der Waals surface area contributed by atoms with E-state index >= 15 is 0 Å². The molecule has 9 aromatic carbocycles. The lowest BCUT2D eigenvalue weighted by molar-refractivity contribution is 0.478. The van der Waals surface area contributed by atoms with Crippen LogP contribution in [0.1, 0.15) is 50.7 Å². The summed E-state index contributed by atoms with van der Waals surface area (Å²) in [4.78, 5) is 0.550. The van der Waals surface area contributed by atoms with E-state index in [-0.39, 0.29) is 0 Å². The zero-order valence-corrected chi connectivity index (χ0v) is 32.7. The zero-order valence-electron chi connectivity index (χ0n) is 69.7. The van der Waals surface area contributed by atoms with Crippen molar-refractivity contribution in [3.63, 3.8) is 0 Å². The number of nitrogens with zero attached hydrogens (tertiary/aromatic N) is 2. The topological polar surface area (TPSA) is 43.7 Å². The fourth-order valence-electron chi connectivity index (χ4n) is 8.22. The van der Waals surface area contributed by atoms with Crippen molar-refractivity contribution in [2.45, 2.75) is 0 Å². The molecule has 0 saturated carbocycles. The summed E-state index contributed by atoms with van der Waals surface area (Å²) in [5.41, 5.74) is -16.0. The van der Waals surface area contributed by atoms with Gasteiger partial charge in [-0.15, -0.1) is 0 Å². The molecule has 3 aromatic heterocycles. The number of benzene rings is 9. The van der Waals surface area contributed by atoms with Crippen LogP contribution < -0.4 is 26.2 Å². The van der Waals surface area contributed by atoms with Gasteiger partial charge in [0.25, 0.3) is 0 Å². The second-order valence-corrected chi connectivity index (χ2v) is 14.3. The number of hydrogen-bond acceptors (Lipinski definition) is 4. The SMILES string of the molecule is [2H]c1c([2H])c([2H])c(-c2oc3c(c2-c2c([2H])c([2H])c([2H])c([2H])c2[2H])Oc2c([2H])c(-n4c5c([2H])c([2H])c([2H])c([2H])c5c5oc6c([2H])c([2H])c([2H])c([2H])c6c54)c([2H])c4c2B3c2c([2H])c(-c3c([2H])c([2H])c([2H])c([2H])c3[2H])c([2H])c([2H])c2N4c2c([2H])c([2H])c(-c3c([2H])c([2H])c([2H])c([2H])c3[2H])c([2H])c2[2H])c([2H])c1[2H]. The van der Waals surface area contributed by atoms with Gasteiger partial charge in [-0.3, -0.25) is 0 Å². The molecule has 0 unspecified atom stereocenters. The van der Waals surface area contributed by atoms with E-state index in [9.17, 15) is 24.7 Å². The van der Waals surface area contributed by atoms with E-state index in [1.165, 1.54) is 0 Å². The van der Waals surface area contributed by atoms with Crippen molar-refractivity contribution >= 4 is 73.3 Å². The minimum Gasteiger partial charge on any atom is -0.466 e. The Bertz CT molecular complexity index is 5940. The fourth-order valence-corrected chi connectivity index (χ4v) is 8.22. The molecule has 5 nitrogen and oxygen atoms in total. The lowest BCUT2D eigenvalue weighted by Crippen LogP contribution is -2.59. The first-order chi connectivity index (χ1) is 48.1. The highest BCUT2D eigenvalue weighted by atomic mass is 16.5. The number of aromatic nitrogens is 1. The number of furan rings is 2. The Morgan fingerprint density at radius 3 is 1.77 bits per heavy atom. The number of ether oxygens (including phenoxy) is 1. The van der Waals surface area contributed by atoms with Crippen molar-refractivity contribution in [1.29, 1.82) is 0 Å². The average Bonchev–Trinajstić information content (AvgIpc) is 1.67. The quantitative estimate of drug-likeness (QED) is 0.156. The standard InChI is InChI=1S/C60H37BN2O3/c1-5-17-38(18-6-1)40-29-32-44(33-30-40)62-50-34-31-43(39-19-7-2-8-20-39)35-48(50)61-55-51(62)36-45(63-49-27-15-13-25-46(49)58-56(63)47-26-14-16-28-52(47)64-58)37-53(55)65-59-54(41-21-9-3-10-22-41)57(66-60(59)61)42-23-11-4-12-24-42/h1-37H/i1D,2D,3D,4D,5D,6D,7D,8D,9D,10D,11D,12D,13D,14D,15D,16D,17D,18D,19D,20D,21D,22D,23D,24D,25D,26D,27D,28D,29D,30D,31D,32D,33D,34D,35D,36D,37D. The summed E-state index contributed by atoms with van der Waals surface area (Å²) in [5.74, 6) is -3.02. The highest BCUT2D eigenvalue weighted by Gasteiger charge is 2.47. The van der Waals surface area contributed by atoms with Gasteiger partial charge in [0, 0.05) is 44.9 Å². The molecule has 0 atom stereocenters. The van der Waals surface area contributed by atoms with Crippen LogP contribution in [0.4, 0.5) is 17.1 Å². The molecule has 14 rings (SSSR count). The molecule has 0 saturated heterocycles. The van der Waals surface area contributed by atoms with E-state index in [1.807, 2.05) is 0 Å². The third-order valence-electron chi connectivity index (χ3n) is 10.9. The first-order valence-corrected chi connectivity index (χ1v) is 19.4. The van der Waals surface area contributed by atoms with Gasteiger partial charge in [-0.2, -0.15) is 0 Å². The van der Waals surface area contributed by atoms with Gasteiger partial charge in [-0.25, -0.2) is 0 Å². The fraction of sp³-hybridized carbons (Fsp3) is 0. The third-order valence-corrected chi connectivity index (χ3v) is 10.9. The molecule has 0 radical (unpaired) electrons. The first kappa shape index (κ1) is 15.8. The van der Waals surface area contributed by atoms with Crippen LogP contribution >= 0.6 is 0 Å². The number of hydrogen-bond donors (Lipinski definition) is 0. The van der Waals surface area contributed by atoms with E-state index in [0.29, 0.717) is 4.90 Å². The van der Waals surface area contributed by atoms with Gasteiger partial charge in [0.05, 0.1) is 67.5 Å². The Morgan fingerprint density at radius 1 is 0.455 bits per heavy atom. The number of fused-ring (bicyclic) bond motifs is 9. The van der Waals surface area contributed by atoms with Crippen molar-refractivity contribution in [2.75, 3.05) is 4.90 Å². The second kappa shape index (κ2) is 14.4. The highest BCUT2D eigenvalue weighted by molar-refractivity contribution is 6.98. The maximum absolute atomic E-state index is 10.9. The normalized spacial score (nSPS) is 20.5. The van der Waals surface area contributed by atoms with E-state index < -0.39 is 359 Å². The van der Waals surface area contributed by atoms with Gasteiger partial charge in [-0.1, -0.05) is 169 Å². The van der Waals surface area contributed by atoms with Gasteiger partial charge in [0.2, 0.25) is 0 Å². The molecule has 12 aromatic rings. The van der Waals surface area contributed by atoms with Crippen molar-refractivity contribution in [1.82, 2.24) is 4.57 Å². The lowest BCUT2D eigenvalue weighted by Gasteiger charge is -2.39. The number of anilines is 3. The molecule has 2 aliphatic heterocycles. The Kier molecular flexibility index (Phi) is 3.44. The van der Waals surface area contributed by atoms with Crippen LogP contribution in [0.3, 0.4) is 0 Å². The Hall–Kier alpha value is -8.74. The van der Waals surface area contributed by atoms with Crippen molar-refractivity contribution < 1.29 is 64.3 Å². The van der Waals surface area contributed by atoms with Crippen molar-refractivity contribution in [3.8, 4) is 61.9 Å². The minimum absolute atomic E-state index is 0.550. The predicted octanol–water partition coefficient (Wildman–Crippen LogP) is 14.2. The first-order valence-electron chi connectivity index (χ1n) is 37.9. The summed E-state index contributed by atoms with van der Waals surface area (Å²) in [7, 11) is 0. The average molecular weight is 882 g/mol. The molecule has 66 heavy (non-hydrogen) atoms.